The van der Waals surface area contributed by atoms with E-state index in [2.05, 4.69) is 36.8 Å². The maximum Gasteiger partial charge on any atom is 0.178 e. The molecule has 0 fully saturated rings. The molecule has 1 aromatic carbocycles. The van der Waals surface area contributed by atoms with Gasteiger partial charge in [-0.15, -0.1) is 0 Å². The summed E-state index contributed by atoms with van der Waals surface area (Å²) in [5.41, 5.74) is 5.60. The second-order valence-electron chi connectivity index (χ2n) is 6.59. The predicted octanol–water partition coefficient (Wildman–Crippen LogP) is 3.56. The predicted molar refractivity (Wildman–Crippen MR) is 109 cm³/mol. The Morgan fingerprint density at radius 1 is 1.00 bits per heavy atom. The van der Waals surface area contributed by atoms with Crippen molar-refractivity contribution in [1.82, 2.24) is 29.1 Å². The maximum atomic E-state index is 9.11. The Kier molecular flexibility index (Phi) is 4.84. The highest BCUT2D eigenvalue weighted by Crippen LogP contribution is 2.34. The smallest absolute Gasteiger partial charge is 0.178 e. The van der Waals surface area contributed by atoms with Gasteiger partial charge >= 0.3 is 0 Å². The Balaban J connectivity index is 1.79. The molecule has 0 atom stereocenters. The fraction of sp³-hybridized carbons (Fsp3) is 0.200. The third-order valence-electron chi connectivity index (χ3n) is 4.57. The van der Waals surface area contributed by atoms with Crippen LogP contribution in [0.4, 0.5) is 0 Å². The summed E-state index contributed by atoms with van der Waals surface area (Å²) in [5, 5.41) is 17.6. The number of aryl methyl sites for hydroxylation is 3. The molecule has 0 aliphatic rings. The summed E-state index contributed by atoms with van der Waals surface area (Å²) in [6.07, 6.45) is 8.50. The molecule has 0 N–H and O–H groups in total. The van der Waals surface area contributed by atoms with E-state index in [1.807, 2.05) is 63.1 Å². The van der Waals surface area contributed by atoms with E-state index >= 15 is 0 Å². The van der Waals surface area contributed by atoms with Crippen molar-refractivity contribution in [2.45, 2.75) is 13.0 Å². The molecule has 4 aromatic rings. The number of aromatic nitrogens is 6. The van der Waals surface area contributed by atoms with Crippen LogP contribution in [0.2, 0.25) is 0 Å². The number of rotatable bonds is 5. The van der Waals surface area contributed by atoms with Gasteiger partial charge in [0.05, 0.1) is 29.7 Å². The van der Waals surface area contributed by atoms with Gasteiger partial charge in [0.2, 0.25) is 0 Å². The van der Waals surface area contributed by atoms with E-state index in [0.717, 1.165) is 45.8 Å². The van der Waals surface area contributed by atoms with Gasteiger partial charge in [-0.05, 0) is 40.0 Å². The van der Waals surface area contributed by atoms with E-state index in [1.165, 1.54) is 0 Å². The minimum Gasteiger partial charge on any atom is -0.318 e. The number of nitrogens with zero attached hydrogens (tertiary/aromatic N) is 7. The molecule has 0 aliphatic heterocycles. The Morgan fingerprint density at radius 3 is 2.32 bits per heavy atom. The molecule has 4 rings (SSSR count). The van der Waals surface area contributed by atoms with Crippen molar-refractivity contribution < 1.29 is 0 Å². The molecule has 0 spiro atoms. The highest BCUT2D eigenvalue weighted by molar-refractivity contribution is 9.10. The second kappa shape index (κ2) is 7.44. The van der Waals surface area contributed by atoms with Crippen molar-refractivity contribution in [1.29, 1.82) is 5.26 Å². The van der Waals surface area contributed by atoms with Gasteiger partial charge in [-0.2, -0.15) is 15.5 Å². The number of imidazole rings is 1. The molecule has 28 heavy (non-hydrogen) atoms. The van der Waals surface area contributed by atoms with Crippen LogP contribution in [0.15, 0.2) is 53.8 Å². The third kappa shape index (κ3) is 3.49. The van der Waals surface area contributed by atoms with E-state index in [0.29, 0.717) is 5.56 Å². The first-order valence-electron chi connectivity index (χ1n) is 8.78. The molecule has 0 unspecified atom stereocenters. The fourth-order valence-electron chi connectivity index (χ4n) is 3.21. The first kappa shape index (κ1) is 18.2. The average Bonchev–Trinajstić information content (AvgIpc) is 3.39. The largest absolute Gasteiger partial charge is 0.318 e. The zero-order valence-corrected chi connectivity index (χ0v) is 17.1. The lowest BCUT2D eigenvalue weighted by atomic mass is 10.1. The van der Waals surface area contributed by atoms with Gasteiger partial charge in [-0.25, -0.2) is 4.98 Å². The van der Waals surface area contributed by atoms with Crippen molar-refractivity contribution in [2.24, 2.45) is 14.1 Å². The monoisotopic (exact) mass is 435 g/mol. The fourth-order valence-corrected chi connectivity index (χ4v) is 3.74. The van der Waals surface area contributed by atoms with E-state index in [4.69, 9.17) is 10.2 Å². The van der Waals surface area contributed by atoms with Crippen LogP contribution in [0, 0.1) is 11.3 Å². The molecule has 3 heterocycles. The van der Waals surface area contributed by atoms with Crippen molar-refractivity contribution in [3.05, 3.63) is 64.9 Å². The number of nitriles is 1. The number of hydrogen-bond donors (Lipinski definition) is 0. The Bertz CT molecular complexity index is 1160. The summed E-state index contributed by atoms with van der Waals surface area (Å²) in [6.45, 7) is 0.745. The van der Waals surface area contributed by atoms with Crippen LogP contribution in [-0.4, -0.2) is 29.1 Å². The number of benzene rings is 1. The van der Waals surface area contributed by atoms with Gasteiger partial charge in [0, 0.05) is 44.2 Å². The lowest BCUT2D eigenvalue weighted by molar-refractivity contribution is 0.685. The molecule has 0 bridgehead atoms. The summed E-state index contributed by atoms with van der Waals surface area (Å²) in [4.78, 5) is 4.77. The SMILES string of the molecule is Cn1cc(CCn2c(Br)nc(-c3cnn(C)c3)c2-c2ccc(C#N)cc2)cn1. The molecule has 8 heteroatoms. The second-order valence-corrected chi connectivity index (χ2v) is 7.30. The third-order valence-corrected chi connectivity index (χ3v) is 5.17. The normalized spacial score (nSPS) is 10.9. The molecule has 140 valence electrons. The van der Waals surface area contributed by atoms with Crippen LogP contribution in [0.1, 0.15) is 11.1 Å². The van der Waals surface area contributed by atoms with Crippen molar-refractivity contribution >= 4 is 15.9 Å². The zero-order chi connectivity index (χ0) is 19.7. The Hall–Kier alpha value is -3.18. The molecule has 0 saturated heterocycles. The van der Waals surface area contributed by atoms with Gasteiger partial charge in [0.1, 0.15) is 5.69 Å². The molecular formula is C20H18BrN7. The average molecular weight is 436 g/mol. The maximum absolute atomic E-state index is 9.11. The van der Waals surface area contributed by atoms with Crippen molar-refractivity contribution in [3.8, 4) is 28.6 Å². The van der Waals surface area contributed by atoms with Gasteiger partial charge in [0.25, 0.3) is 0 Å². The zero-order valence-electron chi connectivity index (χ0n) is 15.5. The van der Waals surface area contributed by atoms with Crippen LogP contribution in [-0.2, 0) is 27.1 Å². The molecular weight excluding hydrogens is 418 g/mol. The molecule has 0 amide bonds. The van der Waals surface area contributed by atoms with Crippen LogP contribution in [0.25, 0.3) is 22.5 Å². The van der Waals surface area contributed by atoms with E-state index in [9.17, 15) is 0 Å². The standard InChI is InChI=1S/C20H18BrN7/c1-26-12-15(10-23-26)7-8-28-19(16-5-3-14(9-22)4-6-16)18(25-20(28)21)17-11-24-27(2)13-17/h3-6,10-13H,7-8H2,1-2H3. The Morgan fingerprint density at radius 2 is 1.71 bits per heavy atom. The highest BCUT2D eigenvalue weighted by atomic mass is 79.9. The van der Waals surface area contributed by atoms with Crippen molar-refractivity contribution in [2.75, 3.05) is 0 Å². The number of hydrogen-bond acceptors (Lipinski definition) is 4. The molecule has 3 aromatic heterocycles. The van der Waals surface area contributed by atoms with Crippen LogP contribution >= 0.6 is 15.9 Å². The lowest BCUT2D eigenvalue weighted by Crippen LogP contribution is -2.04. The summed E-state index contributed by atoms with van der Waals surface area (Å²) >= 11 is 3.63. The summed E-state index contributed by atoms with van der Waals surface area (Å²) in [6, 6.07) is 9.75. The van der Waals surface area contributed by atoms with Crippen LogP contribution in [0.3, 0.4) is 0 Å². The van der Waals surface area contributed by atoms with E-state index in [1.54, 1.807) is 9.36 Å². The van der Waals surface area contributed by atoms with E-state index < -0.39 is 0 Å². The molecule has 0 saturated carbocycles. The summed E-state index contributed by atoms with van der Waals surface area (Å²) < 4.78 is 6.48. The highest BCUT2D eigenvalue weighted by Gasteiger charge is 2.20. The van der Waals surface area contributed by atoms with Crippen LogP contribution < -0.4 is 0 Å². The minimum absolute atomic E-state index is 0.632. The molecule has 7 nitrogen and oxygen atoms in total. The van der Waals surface area contributed by atoms with Gasteiger partial charge in [0.15, 0.2) is 4.73 Å². The summed E-state index contributed by atoms with van der Waals surface area (Å²) in [5.74, 6) is 0. The quantitative estimate of drug-likeness (QED) is 0.480. The van der Waals surface area contributed by atoms with Gasteiger partial charge in [-0.3, -0.25) is 9.36 Å². The number of halogens is 1. The van der Waals surface area contributed by atoms with Crippen LogP contribution in [0.5, 0.6) is 0 Å². The van der Waals surface area contributed by atoms with Gasteiger partial charge in [-0.1, -0.05) is 12.1 Å². The van der Waals surface area contributed by atoms with E-state index in [-0.39, 0.29) is 0 Å². The van der Waals surface area contributed by atoms with Crippen molar-refractivity contribution in [3.63, 3.8) is 0 Å². The minimum atomic E-state index is 0.632. The first-order chi connectivity index (χ1) is 13.5. The lowest BCUT2D eigenvalue weighted by Gasteiger charge is -2.11. The van der Waals surface area contributed by atoms with Gasteiger partial charge < -0.3 is 4.57 Å². The molecule has 0 radical (unpaired) electrons. The first-order valence-corrected chi connectivity index (χ1v) is 9.57. The topological polar surface area (TPSA) is 77.2 Å². The summed E-state index contributed by atoms with van der Waals surface area (Å²) in [7, 11) is 3.80. The molecule has 0 aliphatic carbocycles. The Labute approximate surface area is 171 Å².